The van der Waals surface area contributed by atoms with Gasteiger partial charge in [-0.2, -0.15) is 0 Å². The van der Waals surface area contributed by atoms with Crippen LogP contribution in [0.1, 0.15) is 20.7 Å². The molecule has 0 spiro atoms. The van der Waals surface area contributed by atoms with Gasteiger partial charge in [-0.1, -0.05) is 18.2 Å². The molecule has 0 saturated carbocycles. The van der Waals surface area contributed by atoms with E-state index in [0.29, 0.717) is 5.69 Å². The van der Waals surface area contributed by atoms with Crippen molar-refractivity contribution in [3.05, 3.63) is 115 Å². The number of aromatic carboxylic acids is 2. The number of aromatic nitrogens is 5. The van der Waals surface area contributed by atoms with Gasteiger partial charge in [-0.3, -0.25) is 24.9 Å². The molecule has 0 aliphatic rings. The molecule has 0 saturated heterocycles. The van der Waals surface area contributed by atoms with Crippen LogP contribution in [0.25, 0.3) is 34.0 Å². The quantitative estimate of drug-likeness (QED) is 0.367. The van der Waals surface area contributed by atoms with E-state index in [1.807, 2.05) is 48.5 Å². The van der Waals surface area contributed by atoms with Gasteiger partial charge >= 0.3 is 11.9 Å². The minimum absolute atomic E-state index is 0.0444. The first kappa shape index (κ1) is 23.8. The van der Waals surface area contributed by atoms with E-state index in [0.717, 1.165) is 28.7 Å². The molecule has 9 heteroatoms. The van der Waals surface area contributed by atoms with Crippen molar-refractivity contribution >= 4 is 11.9 Å². The topological polar surface area (TPSA) is 139 Å². The minimum atomic E-state index is -1.35. The third-order valence-corrected chi connectivity index (χ3v) is 4.96. The van der Waals surface area contributed by atoms with Crippen LogP contribution >= 0.6 is 0 Å². The van der Waals surface area contributed by atoms with Crippen LogP contribution in [-0.4, -0.2) is 47.1 Å². The molecular weight excluding hydrogens is 458 g/mol. The Morgan fingerprint density at radius 2 is 1.03 bits per heavy atom. The van der Waals surface area contributed by atoms with Crippen molar-refractivity contribution in [2.24, 2.45) is 0 Å². The summed E-state index contributed by atoms with van der Waals surface area (Å²) in [6.45, 7) is 0. The van der Waals surface area contributed by atoms with Crippen LogP contribution in [0.15, 0.2) is 104 Å². The monoisotopic (exact) mass is 477 g/mol. The van der Waals surface area contributed by atoms with Crippen molar-refractivity contribution in [1.29, 1.82) is 0 Å². The first-order valence-electron chi connectivity index (χ1n) is 10.7. The molecule has 5 aromatic heterocycles. The summed E-state index contributed by atoms with van der Waals surface area (Å²) < 4.78 is 0. The number of nitrogens with zero attached hydrogens (tertiary/aromatic N) is 5. The van der Waals surface area contributed by atoms with E-state index in [4.69, 9.17) is 10.2 Å². The van der Waals surface area contributed by atoms with Gasteiger partial charge in [-0.15, -0.1) is 0 Å². The lowest BCUT2D eigenvalue weighted by Crippen LogP contribution is -2.11. The summed E-state index contributed by atoms with van der Waals surface area (Å²) in [4.78, 5) is 43.2. The second kappa shape index (κ2) is 11.2. The fraction of sp³-hybridized carbons (Fsp3) is 0. The molecule has 0 aliphatic heterocycles. The molecule has 0 aliphatic carbocycles. The van der Waals surface area contributed by atoms with Gasteiger partial charge in [0.2, 0.25) is 0 Å². The third kappa shape index (κ3) is 5.42. The first-order valence-corrected chi connectivity index (χ1v) is 10.7. The van der Waals surface area contributed by atoms with Gasteiger partial charge in [0.25, 0.3) is 0 Å². The molecule has 0 atom stereocenters. The zero-order chi connectivity index (χ0) is 25.3. The number of hydrogen-bond donors (Lipinski definition) is 2. The van der Waals surface area contributed by atoms with Gasteiger partial charge in [0.1, 0.15) is 11.3 Å². The van der Waals surface area contributed by atoms with Crippen molar-refractivity contribution in [2.45, 2.75) is 0 Å². The van der Waals surface area contributed by atoms with Crippen LogP contribution < -0.4 is 0 Å². The van der Waals surface area contributed by atoms with Crippen molar-refractivity contribution in [3.8, 4) is 34.0 Å². The Kier molecular flexibility index (Phi) is 7.42. The standard InChI is InChI=1S/C15H11N3.C12H8N2O4/c1-3-9-16-13(7-1)12-6-5-11-18-15(12)14-8-2-4-10-17-14;15-11(16)7-4-6-14-10(9(7)12(17)18)8-3-1-2-5-13-8/h1-11H;1-6H,(H,15,16)(H,17,18). The molecule has 0 aromatic carbocycles. The Balaban J connectivity index is 0.000000169. The van der Waals surface area contributed by atoms with E-state index in [1.165, 1.54) is 12.4 Å². The van der Waals surface area contributed by atoms with E-state index >= 15 is 0 Å². The summed E-state index contributed by atoms with van der Waals surface area (Å²) in [6, 6.07) is 21.6. The molecule has 0 unspecified atom stereocenters. The number of carbonyl (C=O) groups is 2. The first-order chi connectivity index (χ1) is 17.6. The Hall–Kier alpha value is -5.31. The average molecular weight is 477 g/mol. The van der Waals surface area contributed by atoms with Gasteiger partial charge in [0, 0.05) is 36.5 Å². The highest BCUT2D eigenvalue weighted by molar-refractivity contribution is 6.05. The van der Waals surface area contributed by atoms with Gasteiger partial charge in [-0.25, -0.2) is 9.59 Å². The fourth-order valence-electron chi connectivity index (χ4n) is 3.39. The summed E-state index contributed by atoms with van der Waals surface area (Å²) in [7, 11) is 0. The minimum Gasteiger partial charge on any atom is -0.478 e. The molecule has 2 N–H and O–H groups in total. The highest BCUT2D eigenvalue weighted by atomic mass is 16.4. The van der Waals surface area contributed by atoms with Crippen molar-refractivity contribution in [2.75, 3.05) is 0 Å². The van der Waals surface area contributed by atoms with E-state index in [2.05, 4.69) is 24.9 Å². The maximum atomic E-state index is 11.2. The van der Waals surface area contributed by atoms with Gasteiger partial charge in [0.15, 0.2) is 0 Å². The molecule has 0 fully saturated rings. The second-order valence-corrected chi connectivity index (χ2v) is 7.24. The lowest BCUT2D eigenvalue weighted by atomic mass is 10.0. The van der Waals surface area contributed by atoms with Gasteiger partial charge < -0.3 is 10.2 Å². The summed E-state index contributed by atoms with van der Waals surface area (Å²) in [5.41, 5.74) is 3.32. The second-order valence-electron chi connectivity index (χ2n) is 7.24. The molecule has 0 amide bonds. The number of rotatable bonds is 5. The summed E-state index contributed by atoms with van der Waals surface area (Å²) >= 11 is 0. The Morgan fingerprint density at radius 1 is 0.500 bits per heavy atom. The fourth-order valence-corrected chi connectivity index (χ4v) is 3.39. The van der Waals surface area contributed by atoms with Gasteiger partial charge in [0.05, 0.1) is 28.3 Å². The molecule has 176 valence electrons. The lowest BCUT2D eigenvalue weighted by Gasteiger charge is -2.06. The largest absolute Gasteiger partial charge is 0.478 e. The van der Waals surface area contributed by atoms with Crippen LogP contribution in [-0.2, 0) is 0 Å². The molecule has 5 aromatic rings. The van der Waals surface area contributed by atoms with Crippen LogP contribution in [0.2, 0.25) is 0 Å². The van der Waals surface area contributed by atoms with Gasteiger partial charge in [-0.05, 0) is 54.6 Å². The van der Waals surface area contributed by atoms with Crippen molar-refractivity contribution in [3.63, 3.8) is 0 Å². The SMILES string of the molecule is O=C(O)c1ccnc(-c2ccccn2)c1C(=O)O.c1ccc(-c2cccnc2-c2ccccn2)nc1. The molecular formula is C27H19N5O4. The summed E-state index contributed by atoms with van der Waals surface area (Å²) in [6.07, 6.45) is 8.06. The molecule has 0 radical (unpaired) electrons. The van der Waals surface area contributed by atoms with Crippen LogP contribution in [0, 0.1) is 0 Å². The van der Waals surface area contributed by atoms with Crippen LogP contribution in [0.3, 0.4) is 0 Å². The van der Waals surface area contributed by atoms with Crippen molar-refractivity contribution in [1.82, 2.24) is 24.9 Å². The number of carboxylic acid groups (broad SMARTS) is 2. The maximum absolute atomic E-state index is 11.2. The predicted octanol–water partition coefficient (Wildman–Crippen LogP) is 4.75. The van der Waals surface area contributed by atoms with Crippen molar-refractivity contribution < 1.29 is 19.8 Å². The Morgan fingerprint density at radius 3 is 1.56 bits per heavy atom. The molecule has 5 heterocycles. The zero-order valence-electron chi connectivity index (χ0n) is 18.8. The summed E-state index contributed by atoms with van der Waals surface area (Å²) in [5, 5.41) is 18.1. The molecule has 36 heavy (non-hydrogen) atoms. The maximum Gasteiger partial charge on any atom is 0.338 e. The van der Waals surface area contributed by atoms with Crippen LogP contribution in [0.4, 0.5) is 0 Å². The zero-order valence-corrected chi connectivity index (χ0v) is 18.8. The highest BCUT2D eigenvalue weighted by Crippen LogP contribution is 2.27. The normalized spacial score (nSPS) is 10.1. The molecule has 9 nitrogen and oxygen atoms in total. The Bertz CT molecular complexity index is 1420. The summed E-state index contributed by atoms with van der Waals surface area (Å²) in [5.74, 6) is -2.66. The average Bonchev–Trinajstić information content (AvgIpc) is 2.94. The number of pyridine rings is 5. The van der Waals surface area contributed by atoms with E-state index in [1.54, 1.807) is 36.8 Å². The van der Waals surface area contributed by atoms with E-state index in [9.17, 15) is 9.59 Å². The van der Waals surface area contributed by atoms with E-state index < -0.39 is 11.9 Å². The molecule has 0 bridgehead atoms. The van der Waals surface area contributed by atoms with E-state index in [-0.39, 0.29) is 16.8 Å². The number of hydrogen-bond acceptors (Lipinski definition) is 7. The highest BCUT2D eigenvalue weighted by Gasteiger charge is 2.22. The Labute approximate surface area is 205 Å². The third-order valence-electron chi connectivity index (χ3n) is 4.96. The molecule has 5 rings (SSSR count). The smallest absolute Gasteiger partial charge is 0.338 e. The number of carboxylic acids is 2. The lowest BCUT2D eigenvalue weighted by molar-refractivity contribution is 0.0651. The predicted molar refractivity (Wildman–Crippen MR) is 132 cm³/mol. The van der Waals surface area contributed by atoms with Crippen LogP contribution in [0.5, 0.6) is 0 Å².